The van der Waals surface area contributed by atoms with E-state index in [9.17, 15) is 66.3 Å². The summed E-state index contributed by atoms with van der Waals surface area (Å²) in [6.07, 6.45) is 0.373. The van der Waals surface area contributed by atoms with Gasteiger partial charge in [-0.15, -0.1) is 0 Å². The van der Waals surface area contributed by atoms with Gasteiger partial charge in [0.2, 0.25) is 57.3 Å². The predicted molar refractivity (Wildman–Crippen MR) is 339 cm³/mol. The zero-order valence-corrected chi connectivity index (χ0v) is 55.7. The Labute approximate surface area is 539 Å². The summed E-state index contributed by atoms with van der Waals surface area (Å²) in [6.45, 7) is 12.2. The average Bonchev–Trinajstić information content (AvgIpc) is 1.62. The zero-order valence-electron chi connectivity index (χ0n) is 54.9. The Morgan fingerprint density at radius 2 is 1.33 bits per heavy atom. The molecule has 510 valence electrons. The first-order valence-corrected chi connectivity index (χ1v) is 33.2. The van der Waals surface area contributed by atoms with E-state index in [0.29, 0.717) is 81.4 Å². The molecule has 1 saturated carbocycles. The number of sulfonamides is 1. The van der Waals surface area contributed by atoms with Crippen LogP contribution in [-0.2, 0) is 85.2 Å². The molecule has 0 spiro atoms. The van der Waals surface area contributed by atoms with Crippen LogP contribution in [-0.4, -0.2) is 207 Å². The van der Waals surface area contributed by atoms with Crippen LogP contribution in [0.4, 0.5) is 10.5 Å². The van der Waals surface area contributed by atoms with Crippen LogP contribution < -0.4 is 31.3 Å². The predicted octanol–water partition coefficient (Wildman–Crippen LogP) is 2.95. The molecule has 5 rings (SSSR count). The maximum atomic E-state index is 14.4. The van der Waals surface area contributed by atoms with Gasteiger partial charge >= 0.3 is 12.1 Å². The summed E-state index contributed by atoms with van der Waals surface area (Å²) >= 11 is 0. The highest BCUT2D eigenvalue weighted by Crippen LogP contribution is 2.31. The van der Waals surface area contributed by atoms with Crippen LogP contribution in [0.2, 0.25) is 0 Å². The second-order valence-corrected chi connectivity index (χ2v) is 26.9. The molecule has 1 aliphatic carbocycles. The van der Waals surface area contributed by atoms with Gasteiger partial charge in [0.05, 0.1) is 60.9 Å². The van der Waals surface area contributed by atoms with Crippen molar-refractivity contribution in [2.45, 2.75) is 173 Å². The van der Waals surface area contributed by atoms with Crippen molar-refractivity contribution in [3.63, 3.8) is 0 Å². The fourth-order valence-electron chi connectivity index (χ4n) is 11.7. The van der Waals surface area contributed by atoms with E-state index in [4.69, 9.17) is 14.2 Å². The number of amides is 10. The molecule has 2 aliphatic heterocycles. The Morgan fingerprint density at radius 3 is 1.90 bits per heavy atom. The van der Waals surface area contributed by atoms with Gasteiger partial charge in [0, 0.05) is 72.9 Å². The van der Waals surface area contributed by atoms with Crippen LogP contribution in [0.1, 0.15) is 124 Å². The topological polar surface area (TPSA) is 355 Å². The first-order chi connectivity index (χ1) is 43.5. The Balaban J connectivity index is 1.09. The number of carboxylic acid groups (broad SMARTS) is 1. The number of carboxylic acids is 1. The number of benzene rings is 2. The summed E-state index contributed by atoms with van der Waals surface area (Å²) in [4.78, 5) is 152. The molecule has 3 fully saturated rings. The number of hydrogen-bond donors (Lipinski definition) is 7. The van der Waals surface area contributed by atoms with Crippen molar-refractivity contribution in [3.8, 4) is 0 Å². The van der Waals surface area contributed by atoms with Gasteiger partial charge in [-0.2, -0.15) is 0 Å². The maximum absolute atomic E-state index is 14.4. The third-order valence-electron chi connectivity index (χ3n) is 17.5. The van der Waals surface area contributed by atoms with Crippen LogP contribution in [0.25, 0.3) is 0 Å². The van der Waals surface area contributed by atoms with Gasteiger partial charge in [0.25, 0.3) is 5.91 Å². The number of ether oxygens (including phenoxy) is 3. The lowest BCUT2D eigenvalue weighted by atomic mass is 9.90. The van der Waals surface area contributed by atoms with Crippen LogP contribution in [0.3, 0.4) is 0 Å². The van der Waals surface area contributed by atoms with Crippen molar-refractivity contribution in [2.24, 2.45) is 29.6 Å². The number of aliphatic carboxylic acids is 1. The second kappa shape index (κ2) is 35.4. The maximum Gasteiger partial charge on any atom is 0.410 e. The number of anilines is 1. The molecule has 9 atom stereocenters. The number of nitrogens with one attached hydrogen (secondary N) is 6. The molecule has 9 unspecified atom stereocenters. The molecule has 7 N–H and O–H groups in total. The molecule has 2 aromatic rings. The number of piperidine rings is 1. The Bertz CT molecular complexity index is 3000. The Morgan fingerprint density at radius 1 is 0.685 bits per heavy atom. The van der Waals surface area contributed by atoms with E-state index < -0.39 is 142 Å². The fraction of sp³-hybridized carbons (Fsp3) is 0.641. The third kappa shape index (κ3) is 21.7. The SMILES string of the molecule is CCC(C)C(C(CC(=O)N1CCCC1C(OC)C(C)C(=O)NC(Cc1ccccc1)C(=O)NS(=O)(=O)C1CC1)OC)N(C)C(=O)CNC(=O)C(C(C)C)N(C)C(=O)OCc1ccc(NC(=O)CNC(=O)C(NC(=O)CCC(=O)N2CCC(C(=O)O)CC2)C(C)C)cc1. The highest BCUT2D eigenvalue weighted by molar-refractivity contribution is 7.90. The summed E-state index contributed by atoms with van der Waals surface area (Å²) in [7, 11) is 1.95. The molecule has 3 aliphatic rings. The molecule has 0 aromatic heterocycles. The molecule has 92 heavy (non-hydrogen) atoms. The molecule has 10 amide bonds. The minimum absolute atomic E-state index is 0.0234. The highest BCUT2D eigenvalue weighted by atomic mass is 32.2. The quantitative estimate of drug-likeness (QED) is 0.0530. The number of carbonyl (C=O) groups excluding carboxylic acids is 10. The normalized spacial score (nSPS) is 17.8. The molecule has 2 saturated heterocycles. The standard InChI is InChI=1S/C64H96N10O17S/c1-12-40(6)57(49(89-10)34-53(78)74-30-16-19-48(74)58(90-11)41(7)59(80)68-47(33-42-17-14-13-15-18-42)60(81)70-92(87,88)46-24-25-46)71(8)54(79)36-66-62(83)56(39(4)5)72(9)64(86)91-37-43-20-22-45(23-21-43)67-51(76)35-65-61(82)55(38(2)3)69-50(75)26-27-52(77)73-31-28-44(29-32-73)63(84)85/h13-15,17-18,20-23,38-41,44,46-49,55-58H,12,16,19,24-37H2,1-11H3,(H,65,82)(H,66,83)(H,67,76)(H,68,80)(H,69,75)(H,70,81)(H,84,85). The van der Waals surface area contributed by atoms with Crippen molar-refractivity contribution >= 4 is 80.9 Å². The molecule has 2 heterocycles. The number of carbonyl (C=O) groups is 11. The summed E-state index contributed by atoms with van der Waals surface area (Å²) in [5.74, 6) is -8.10. The van der Waals surface area contributed by atoms with Gasteiger partial charge in [0.15, 0.2) is 0 Å². The molecule has 2 aromatic carbocycles. The summed E-state index contributed by atoms with van der Waals surface area (Å²) in [5, 5.41) is 21.8. The lowest BCUT2D eigenvalue weighted by Gasteiger charge is -2.39. The van der Waals surface area contributed by atoms with E-state index in [1.807, 2.05) is 13.8 Å². The van der Waals surface area contributed by atoms with Crippen LogP contribution in [0, 0.1) is 29.6 Å². The Hall–Kier alpha value is -7.72. The van der Waals surface area contributed by atoms with Crippen molar-refractivity contribution in [1.82, 2.24) is 45.6 Å². The van der Waals surface area contributed by atoms with E-state index >= 15 is 0 Å². The number of likely N-dealkylation sites (tertiary alicyclic amines) is 2. The lowest BCUT2D eigenvalue weighted by molar-refractivity contribution is -0.146. The zero-order chi connectivity index (χ0) is 68.1. The van der Waals surface area contributed by atoms with E-state index in [1.54, 1.807) is 101 Å². The van der Waals surface area contributed by atoms with E-state index in [2.05, 4.69) is 31.3 Å². The summed E-state index contributed by atoms with van der Waals surface area (Å²) in [5.41, 5.74) is 1.60. The van der Waals surface area contributed by atoms with Gasteiger partial charge in [-0.05, 0) is 79.5 Å². The van der Waals surface area contributed by atoms with Crippen molar-refractivity contribution in [1.29, 1.82) is 0 Å². The van der Waals surface area contributed by atoms with E-state index in [0.717, 1.165) is 4.90 Å². The van der Waals surface area contributed by atoms with E-state index in [-0.39, 0.29) is 55.9 Å². The molecule has 28 heteroatoms. The molecular formula is C64H96N10O17S. The number of rotatable bonds is 34. The van der Waals surface area contributed by atoms with Gasteiger partial charge in [0.1, 0.15) is 24.7 Å². The highest BCUT2D eigenvalue weighted by Gasteiger charge is 2.44. The van der Waals surface area contributed by atoms with Gasteiger partial charge in [-0.25, -0.2) is 13.2 Å². The third-order valence-corrected chi connectivity index (χ3v) is 19.3. The fourth-order valence-corrected chi connectivity index (χ4v) is 13.1. The van der Waals surface area contributed by atoms with E-state index in [1.165, 1.54) is 31.1 Å². The van der Waals surface area contributed by atoms with Crippen LogP contribution >= 0.6 is 0 Å². The van der Waals surface area contributed by atoms with Crippen molar-refractivity contribution in [3.05, 3.63) is 65.7 Å². The monoisotopic (exact) mass is 1310 g/mol. The number of nitrogens with zero attached hydrogens (tertiary/aromatic N) is 4. The summed E-state index contributed by atoms with van der Waals surface area (Å²) < 4.78 is 45.2. The van der Waals surface area contributed by atoms with Crippen LogP contribution in [0.5, 0.6) is 0 Å². The lowest BCUT2D eigenvalue weighted by Crippen LogP contribution is -2.56. The first kappa shape index (κ1) is 75.0. The molecule has 27 nitrogen and oxygen atoms in total. The summed E-state index contributed by atoms with van der Waals surface area (Å²) in [6, 6.07) is 10.7. The van der Waals surface area contributed by atoms with Gasteiger partial charge in [-0.1, -0.05) is 97.4 Å². The van der Waals surface area contributed by atoms with Crippen molar-refractivity contribution in [2.75, 3.05) is 66.4 Å². The smallest absolute Gasteiger partial charge is 0.410 e. The first-order valence-electron chi connectivity index (χ1n) is 31.7. The molecular weight excluding hydrogens is 1210 g/mol. The molecule has 0 bridgehead atoms. The average molecular weight is 1310 g/mol. The minimum Gasteiger partial charge on any atom is -0.481 e. The van der Waals surface area contributed by atoms with Gasteiger partial charge < -0.3 is 60.6 Å². The Kier molecular flexibility index (Phi) is 28.8. The van der Waals surface area contributed by atoms with Crippen molar-refractivity contribution < 1.29 is 80.5 Å². The van der Waals surface area contributed by atoms with Gasteiger partial charge in [-0.3, -0.25) is 57.6 Å². The minimum atomic E-state index is -3.92. The second-order valence-electron chi connectivity index (χ2n) is 24.9. The number of hydrogen-bond acceptors (Lipinski definition) is 16. The van der Waals surface area contributed by atoms with Crippen LogP contribution in [0.15, 0.2) is 54.6 Å². The largest absolute Gasteiger partial charge is 0.481 e. The molecule has 0 radical (unpaired) electrons. The number of methoxy groups -OCH3 is 2. The number of likely N-dealkylation sites (N-methyl/N-ethyl adjacent to an activating group) is 2.